The van der Waals surface area contributed by atoms with Crippen molar-refractivity contribution in [1.29, 1.82) is 0 Å². The summed E-state index contributed by atoms with van der Waals surface area (Å²) in [7, 11) is 1.35. The topological polar surface area (TPSA) is 140 Å². The molecule has 1 aliphatic heterocycles. The van der Waals surface area contributed by atoms with Crippen LogP contribution in [0.2, 0.25) is 0 Å². The van der Waals surface area contributed by atoms with Gasteiger partial charge in [0, 0.05) is 0 Å². The second kappa shape index (κ2) is 5.13. The van der Waals surface area contributed by atoms with Crippen molar-refractivity contribution in [3.63, 3.8) is 0 Å². The summed E-state index contributed by atoms with van der Waals surface area (Å²) in [5.41, 5.74) is 4.72. The van der Waals surface area contributed by atoms with Gasteiger partial charge in [0.05, 0.1) is 19.9 Å². The van der Waals surface area contributed by atoms with E-state index in [9.17, 15) is 15.0 Å². The maximum absolute atomic E-state index is 11.7. The Morgan fingerprint density at radius 2 is 2.21 bits per heavy atom. The zero-order valence-corrected chi connectivity index (χ0v) is 10.1. The largest absolute Gasteiger partial charge is 0.491 e. The number of methoxy groups -OCH3 is 1. The van der Waals surface area contributed by atoms with Crippen molar-refractivity contribution in [3.8, 4) is 5.75 Å². The number of anilines is 1. The first-order valence-electron chi connectivity index (χ1n) is 5.54. The number of nitrogen functional groups attached to an aromatic ring is 1. The van der Waals surface area contributed by atoms with Crippen LogP contribution >= 0.6 is 0 Å². The van der Waals surface area contributed by atoms with Crippen molar-refractivity contribution in [2.24, 2.45) is 0 Å². The van der Waals surface area contributed by atoms with Crippen LogP contribution in [-0.4, -0.2) is 56.9 Å². The molecule has 9 nitrogen and oxygen atoms in total. The van der Waals surface area contributed by atoms with E-state index in [1.165, 1.54) is 13.3 Å². The minimum Gasteiger partial charge on any atom is -0.491 e. The highest BCUT2D eigenvalue weighted by molar-refractivity contribution is 5.43. The fourth-order valence-corrected chi connectivity index (χ4v) is 1.91. The average molecular weight is 273 g/mol. The van der Waals surface area contributed by atoms with Crippen LogP contribution in [0.4, 0.5) is 5.82 Å². The first-order chi connectivity index (χ1) is 8.99. The van der Waals surface area contributed by atoms with Crippen LogP contribution in [-0.2, 0) is 4.74 Å². The molecule has 1 saturated heterocycles. The van der Waals surface area contributed by atoms with Gasteiger partial charge in [0.1, 0.15) is 18.3 Å². The van der Waals surface area contributed by atoms with Crippen LogP contribution in [0.5, 0.6) is 5.75 Å². The lowest BCUT2D eigenvalue weighted by molar-refractivity contribution is -0.0551. The van der Waals surface area contributed by atoms with E-state index in [1.54, 1.807) is 0 Å². The van der Waals surface area contributed by atoms with Gasteiger partial charge in [-0.25, -0.2) is 4.79 Å². The van der Waals surface area contributed by atoms with E-state index in [1.807, 2.05) is 0 Å². The number of rotatable bonds is 3. The molecule has 0 amide bonds. The van der Waals surface area contributed by atoms with E-state index < -0.39 is 36.8 Å². The van der Waals surface area contributed by atoms with Gasteiger partial charge >= 0.3 is 5.69 Å². The third kappa shape index (κ3) is 2.28. The fraction of sp³-hybridized carbons (Fsp3) is 0.600. The van der Waals surface area contributed by atoms with Crippen molar-refractivity contribution in [2.75, 3.05) is 19.5 Å². The van der Waals surface area contributed by atoms with E-state index in [0.29, 0.717) is 0 Å². The quantitative estimate of drug-likeness (QED) is 0.471. The minimum absolute atomic E-state index is 0.0875. The molecule has 19 heavy (non-hydrogen) atoms. The van der Waals surface area contributed by atoms with Gasteiger partial charge in [-0.05, 0) is 0 Å². The summed E-state index contributed by atoms with van der Waals surface area (Å²) in [6.45, 7) is -0.483. The Labute approximate surface area is 107 Å². The van der Waals surface area contributed by atoms with Gasteiger partial charge in [-0.2, -0.15) is 4.98 Å². The van der Waals surface area contributed by atoms with Crippen LogP contribution in [0.25, 0.3) is 0 Å². The van der Waals surface area contributed by atoms with Gasteiger partial charge in [-0.15, -0.1) is 0 Å². The van der Waals surface area contributed by atoms with Crippen molar-refractivity contribution in [2.45, 2.75) is 24.5 Å². The van der Waals surface area contributed by atoms with Gasteiger partial charge in [0.2, 0.25) is 0 Å². The van der Waals surface area contributed by atoms with Crippen LogP contribution in [0.1, 0.15) is 6.23 Å². The molecule has 0 aromatic carbocycles. The Hall–Kier alpha value is -1.68. The van der Waals surface area contributed by atoms with Crippen LogP contribution in [0.3, 0.4) is 0 Å². The number of aliphatic hydroxyl groups excluding tert-OH is 3. The highest BCUT2D eigenvalue weighted by atomic mass is 16.6. The average Bonchev–Trinajstić information content (AvgIpc) is 2.67. The van der Waals surface area contributed by atoms with E-state index >= 15 is 0 Å². The standard InChI is InChI=1S/C10H15N3O6/c1-18-4-2-13(10(17)12-8(4)11)9-7(16)6(15)5(3-14)19-9/h2,5-7,9,14-16H,3H2,1H3,(H2,11,12,17)/t5-,6?,7?,9-/m1/s1. The molecule has 0 spiro atoms. The first-order valence-corrected chi connectivity index (χ1v) is 5.54. The fourth-order valence-electron chi connectivity index (χ4n) is 1.91. The second-order valence-corrected chi connectivity index (χ2v) is 4.11. The molecule has 2 heterocycles. The Morgan fingerprint density at radius 3 is 2.74 bits per heavy atom. The summed E-state index contributed by atoms with van der Waals surface area (Å²) >= 11 is 0. The normalized spacial score (nSPS) is 30.5. The molecule has 1 aliphatic rings. The second-order valence-electron chi connectivity index (χ2n) is 4.11. The number of aromatic nitrogens is 2. The summed E-state index contributed by atoms with van der Waals surface area (Å²) in [5, 5.41) is 28.4. The molecule has 0 aliphatic carbocycles. The predicted molar refractivity (Wildman–Crippen MR) is 62.5 cm³/mol. The van der Waals surface area contributed by atoms with Gasteiger partial charge in [0.25, 0.3) is 0 Å². The lowest BCUT2D eigenvalue weighted by Gasteiger charge is -2.18. The highest BCUT2D eigenvalue weighted by Gasteiger charge is 2.43. The summed E-state index contributed by atoms with van der Waals surface area (Å²) in [4.78, 5) is 15.2. The highest BCUT2D eigenvalue weighted by Crippen LogP contribution is 2.29. The summed E-state index contributed by atoms with van der Waals surface area (Å²) < 4.78 is 11.1. The lowest BCUT2D eigenvalue weighted by Crippen LogP contribution is -2.36. The number of ether oxygens (including phenoxy) is 2. The molecule has 2 unspecified atom stereocenters. The van der Waals surface area contributed by atoms with Crippen LogP contribution in [0, 0.1) is 0 Å². The zero-order chi connectivity index (χ0) is 14.2. The number of hydrogen-bond donors (Lipinski definition) is 4. The van der Waals surface area contributed by atoms with E-state index in [-0.39, 0.29) is 11.6 Å². The zero-order valence-electron chi connectivity index (χ0n) is 10.1. The summed E-state index contributed by atoms with van der Waals surface area (Å²) in [5.74, 6) is 0.0489. The van der Waals surface area contributed by atoms with Crippen molar-refractivity contribution >= 4 is 5.82 Å². The van der Waals surface area contributed by atoms with Gasteiger partial charge in [-0.3, -0.25) is 4.57 Å². The van der Waals surface area contributed by atoms with Crippen molar-refractivity contribution < 1.29 is 24.8 Å². The van der Waals surface area contributed by atoms with Crippen LogP contribution < -0.4 is 16.2 Å². The molecule has 1 aromatic rings. The molecular formula is C10H15N3O6. The van der Waals surface area contributed by atoms with E-state index in [2.05, 4.69) is 4.98 Å². The van der Waals surface area contributed by atoms with E-state index in [4.69, 9.17) is 20.3 Å². The monoisotopic (exact) mass is 273 g/mol. The Morgan fingerprint density at radius 1 is 1.53 bits per heavy atom. The molecule has 0 radical (unpaired) electrons. The van der Waals surface area contributed by atoms with Crippen molar-refractivity contribution in [1.82, 2.24) is 9.55 Å². The molecule has 4 atom stereocenters. The maximum Gasteiger partial charge on any atom is 0.351 e. The Bertz CT molecular complexity index is 518. The first kappa shape index (κ1) is 13.7. The molecule has 106 valence electrons. The van der Waals surface area contributed by atoms with E-state index in [0.717, 1.165) is 4.57 Å². The third-order valence-electron chi connectivity index (χ3n) is 2.96. The third-order valence-corrected chi connectivity index (χ3v) is 2.96. The molecule has 9 heteroatoms. The number of hydrogen-bond acceptors (Lipinski definition) is 8. The van der Waals surface area contributed by atoms with Crippen LogP contribution in [0.15, 0.2) is 11.0 Å². The van der Waals surface area contributed by atoms with Gasteiger partial charge < -0.3 is 30.5 Å². The van der Waals surface area contributed by atoms with Gasteiger partial charge in [0.15, 0.2) is 17.8 Å². The van der Waals surface area contributed by atoms with Gasteiger partial charge in [-0.1, -0.05) is 0 Å². The molecule has 1 fully saturated rings. The number of nitrogens with zero attached hydrogens (tertiary/aromatic N) is 2. The molecule has 5 N–H and O–H groups in total. The number of aliphatic hydroxyl groups is 3. The van der Waals surface area contributed by atoms with Crippen molar-refractivity contribution in [3.05, 3.63) is 16.7 Å². The molecular weight excluding hydrogens is 258 g/mol. The molecule has 1 aromatic heterocycles. The number of nitrogens with two attached hydrogens (primary N) is 1. The smallest absolute Gasteiger partial charge is 0.351 e. The SMILES string of the molecule is COc1cn([C@@H]2O[C@H](CO)C(O)C2O)c(=O)nc1N. The lowest BCUT2D eigenvalue weighted by atomic mass is 10.1. The Kier molecular flexibility index (Phi) is 3.71. The maximum atomic E-state index is 11.7. The predicted octanol–water partition coefficient (Wildman–Crippen LogP) is -2.55. The molecule has 0 bridgehead atoms. The molecule has 0 saturated carbocycles. The minimum atomic E-state index is -1.37. The molecule has 2 rings (SSSR count). The summed E-state index contributed by atoms with van der Waals surface area (Å²) in [6.07, 6.45) is -3.59. The Balaban J connectivity index is 2.40. The summed E-state index contributed by atoms with van der Waals surface area (Å²) in [6, 6.07) is 0.